The van der Waals surface area contributed by atoms with Gasteiger partial charge in [0.05, 0.1) is 0 Å². The molecule has 8 heteroatoms. The van der Waals surface area contributed by atoms with Gasteiger partial charge in [0, 0.05) is 13.0 Å². The van der Waals surface area contributed by atoms with Crippen molar-refractivity contribution in [3.8, 4) is 0 Å². The van der Waals surface area contributed by atoms with Gasteiger partial charge in [0.15, 0.2) is 6.10 Å². The lowest BCUT2D eigenvalue weighted by atomic mass is 10.0. The third-order valence-corrected chi connectivity index (χ3v) is 4.29. The quantitative estimate of drug-likeness (QED) is 0.602. The summed E-state index contributed by atoms with van der Waals surface area (Å²) in [7, 11) is 0. The molecular formula is C16H27NO7. The molecule has 0 aromatic rings. The number of carboxylic acids is 1. The Morgan fingerprint density at radius 3 is 2.46 bits per heavy atom. The predicted octanol–water partition coefficient (Wildman–Crippen LogP) is 1.03. The first-order chi connectivity index (χ1) is 11.6. The molecule has 2 rings (SSSR count). The van der Waals surface area contributed by atoms with Gasteiger partial charge in [-0.25, -0.2) is 4.79 Å². The van der Waals surface area contributed by atoms with Crippen LogP contribution in [0.3, 0.4) is 0 Å². The SMILES string of the molecule is CCCCCCCC(=O)NC[C@H]1OCO[C@H]2[C@@H]1OCO[C@H]2C(=O)O. The van der Waals surface area contributed by atoms with Crippen LogP contribution in [-0.2, 0) is 28.5 Å². The Kier molecular flexibility index (Phi) is 7.90. The van der Waals surface area contributed by atoms with Crippen LogP contribution < -0.4 is 5.32 Å². The Bertz CT molecular complexity index is 417. The van der Waals surface area contributed by atoms with E-state index in [1.165, 1.54) is 12.8 Å². The second kappa shape index (κ2) is 9.93. The lowest BCUT2D eigenvalue weighted by molar-refractivity contribution is -0.317. The smallest absolute Gasteiger partial charge is 0.335 e. The van der Waals surface area contributed by atoms with Crippen molar-refractivity contribution in [3.63, 3.8) is 0 Å². The highest BCUT2D eigenvalue weighted by atomic mass is 16.8. The zero-order valence-corrected chi connectivity index (χ0v) is 14.1. The maximum atomic E-state index is 11.9. The number of amides is 1. The monoisotopic (exact) mass is 345 g/mol. The van der Waals surface area contributed by atoms with Crippen molar-refractivity contribution in [2.45, 2.75) is 69.9 Å². The Hall–Kier alpha value is -1.22. The maximum Gasteiger partial charge on any atom is 0.335 e. The van der Waals surface area contributed by atoms with Gasteiger partial charge >= 0.3 is 5.97 Å². The number of fused-ring (bicyclic) bond motifs is 1. The molecule has 0 aliphatic carbocycles. The largest absolute Gasteiger partial charge is 0.479 e. The molecule has 0 saturated carbocycles. The summed E-state index contributed by atoms with van der Waals surface area (Å²) in [5.41, 5.74) is 0. The summed E-state index contributed by atoms with van der Waals surface area (Å²) in [4.78, 5) is 23.1. The molecule has 0 aromatic carbocycles. The maximum absolute atomic E-state index is 11.9. The molecule has 0 aromatic heterocycles. The Labute approximate surface area is 141 Å². The molecule has 2 saturated heterocycles. The van der Waals surface area contributed by atoms with Gasteiger partial charge in [-0.3, -0.25) is 4.79 Å². The first kappa shape index (κ1) is 19.1. The van der Waals surface area contributed by atoms with E-state index in [9.17, 15) is 9.59 Å². The van der Waals surface area contributed by atoms with Crippen LogP contribution in [-0.4, -0.2) is 61.5 Å². The number of carbonyl (C=O) groups is 2. The average molecular weight is 345 g/mol. The number of unbranched alkanes of at least 4 members (excludes halogenated alkanes) is 4. The van der Waals surface area contributed by atoms with Gasteiger partial charge in [0.25, 0.3) is 0 Å². The summed E-state index contributed by atoms with van der Waals surface area (Å²) >= 11 is 0. The number of hydrogen-bond acceptors (Lipinski definition) is 6. The van der Waals surface area contributed by atoms with Crippen molar-refractivity contribution in [2.75, 3.05) is 20.1 Å². The zero-order chi connectivity index (χ0) is 17.4. The van der Waals surface area contributed by atoms with E-state index in [-0.39, 0.29) is 26.0 Å². The van der Waals surface area contributed by atoms with Gasteiger partial charge in [-0.1, -0.05) is 32.6 Å². The van der Waals surface area contributed by atoms with Gasteiger partial charge in [-0.2, -0.15) is 0 Å². The third kappa shape index (κ3) is 5.41. The molecule has 0 spiro atoms. The van der Waals surface area contributed by atoms with E-state index in [4.69, 9.17) is 24.1 Å². The highest BCUT2D eigenvalue weighted by Gasteiger charge is 2.47. The van der Waals surface area contributed by atoms with E-state index in [0.717, 1.165) is 19.3 Å². The Morgan fingerprint density at radius 1 is 1.00 bits per heavy atom. The molecule has 2 heterocycles. The van der Waals surface area contributed by atoms with Crippen LogP contribution in [0.25, 0.3) is 0 Å². The Balaban J connectivity index is 1.73. The van der Waals surface area contributed by atoms with Crippen LogP contribution >= 0.6 is 0 Å². The molecule has 2 fully saturated rings. The van der Waals surface area contributed by atoms with E-state index in [1.807, 2.05) is 0 Å². The predicted molar refractivity (Wildman–Crippen MR) is 83.2 cm³/mol. The minimum absolute atomic E-state index is 0.0278. The molecule has 0 unspecified atom stereocenters. The zero-order valence-electron chi connectivity index (χ0n) is 14.1. The fourth-order valence-corrected chi connectivity index (χ4v) is 2.93. The van der Waals surface area contributed by atoms with Crippen LogP contribution in [0.4, 0.5) is 0 Å². The topological polar surface area (TPSA) is 103 Å². The summed E-state index contributed by atoms with van der Waals surface area (Å²) in [5.74, 6) is -1.12. The number of nitrogens with one attached hydrogen (secondary N) is 1. The number of carboxylic acid groups (broad SMARTS) is 1. The summed E-state index contributed by atoms with van der Waals surface area (Å²) in [6.07, 6.45) is 3.12. The minimum atomic E-state index is -1.09. The fraction of sp³-hybridized carbons (Fsp3) is 0.875. The van der Waals surface area contributed by atoms with Crippen molar-refractivity contribution >= 4 is 11.9 Å². The van der Waals surface area contributed by atoms with Gasteiger partial charge in [-0.05, 0) is 6.42 Å². The number of carbonyl (C=O) groups excluding carboxylic acids is 1. The van der Waals surface area contributed by atoms with Crippen molar-refractivity contribution < 1.29 is 33.6 Å². The number of hydrogen-bond donors (Lipinski definition) is 2. The summed E-state index contributed by atoms with van der Waals surface area (Å²) in [5, 5.41) is 12.0. The average Bonchev–Trinajstić information content (AvgIpc) is 2.59. The first-order valence-electron chi connectivity index (χ1n) is 8.59. The molecule has 138 valence electrons. The minimum Gasteiger partial charge on any atom is -0.479 e. The van der Waals surface area contributed by atoms with Crippen LogP contribution in [0, 0.1) is 0 Å². The molecule has 2 aliphatic rings. The lowest BCUT2D eigenvalue weighted by Crippen LogP contribution is -2.61. The van der Waals surface area contributed by atoms with Crippen LogP contribution in [0.15, 0.2) is 0 Å². The number of ether oxygens (including phenoxy) is 4. The lowest BCUT2D eigenvalue weighted by Gasteiger charge is -2.42. The van der Waals surface area contributed by atoms with E-state index in [1.54, 1.807) is 0 Å². The molecule has 24 heavy (non-hydrogen) atoms. The summed E-state index contributed by atoms with van der Waals surface area (Å²) < 4.78 is 21.3. The molecule has 4 atom stereocenters. The van der Waals surface area contributed by atoms with Crippen molar-refractivity contribution in [1.29, 1.82) is 0 Å². The molecule has 1 amide bonds. The van der Waals surface area contributed by atoms with Gasteiger partial charge in [0.1, 0.15) is 31.9 Å². The molecule has 0 bridgehead atoms. The van der Waals surface area contributed by atoms with E-state index >= 15 is 0 Å². The van der Waals surface area contributed by atoms with Gasteiger partial charge in [-0.15, -0.1) is 0 Å². The van der Waals surface area contributed by atoms with Crippen LogP contribution in [0.1, 0.15) is 45.4 Å². The highest BCUT2D eigenvalue weighted by Crippen LogP contribution is 2.25. The van der Waals surface area contributed by atoms with Crippen LogP contribution in [0.5, 0.6) is 0 Å². The van der Waals surface area contributed by atoms with E-state index in [0.29, 0.717) is 6.42 Å². The molecule has 0 radical (unpaired) electrons. The standard InChI is InChI=1S/C16H27NO7/c1-2-3-4-5-6-7-12(18)17-8-11-13-14(23-9-21-11)15(16(19)20)24-10-22-13/h11,13-15H,2-10H2,1H3,(H,17,18)(H,19,20)/t11-,13-,14+,15-/m1/s1. The summed E-state index contributed by atoms with van der Waals surface area (Å²) in [6.45, 7) is 2.24. The third-order valence-electron chi connectivity index (χ3n) is 4.29. The normalized spacial score (nSPS) is 29.7. The van der Waals surface area contributed by atoms with Crippen molar-refractivity contribution in [3.05, 3.63) is 0 Å². The van der Waals surface area contributed by atoms with E-state index < -0.39 is 30.4 Å². The van der Waals surface area contributed by atoms with E-state index in [2.05, 4.69) is 12.2 Å². The fourth-order valence-electron chi connectivity index (χ4n) is 2.93. The number of rotatable bonds is 9. The highest BCUT2D eigenvalue weighted by molar-refractivity contribution is 5.75. The van der Waals surface area contributed by atoms with Crippen molar-refractivity contribution in [2.24, 2.45) is 0 Å². The second-order valence-corrected chi connectivity index (χ2v) is 6.10. The molecular weight excluding hydrogens is 318 g/mol. The van der Waals surface area contributed by atoms with Crippen molar-refractivity contribution in [1.82, 2.24) is 5.32 Å². The molecule has 2 aliphatic heterocycles. The molecule has 2 N–H and O–H groups in total. The van der Waals surface area contributed by atoms with Crippen LogP contribution in [0.2, 0.25) is 0 Å². The Morgan fingerprint density at radius 2 is 1.71 bits per heavy atom. The molecule has 8 nitrogen and oxygen atoms in total. The van der Waals surface area contributed by atoms with Gasteiger partial charge < -0.3 is 29.4 Å². The second-order valence-electron chi connectivity index (χ2n) is 6.10. The number of aliphatic carboxylic acids is 1. The van der Waals surface area contributed by atoms with Gasteiger partial charge in [0.2, 0.25) is 5.91 Å². The summed E-state index contributed by atoms with van der Waals surface area (Å²) in [6, 6.07) is 0. The first-order valence-corrected chi connectivity index (χ1v) is 8.59.